The molecule has 1 aromatic carbocycles. The summed E-state index contributed by atoms with van der Waals surface area (Å²) in [5.41, 5.74) is 2.50. The lowest BCUT2D eigenvalue weighted by Crippen LogP contribution is -2.13. The van der Waals surface area contributed by atoms with Crippen molar-refractivity contribution in [2.75, 3.05) is 0 Å². The molecule has 2 aromatic heterocycles. The van der Waals surface area contributed by atoms with Crippen molar-refractivity contribution < 1.29 is 0 Å². The third-order valence-electron chi connectivity index (χ3n) is 3.43. The predicted octanol–water partition coefficient (Wildman–Crippen LogP) is 2.13. The maximum atomic E-state index is 8.98. The van der Waals surface area contributed by atoms with Crippen LogP contribution >= 0.6 is 0 Å². The van der Waals surface area contributed by atoms with E-state index in [4.69, 9.17) is 5.26 Å². The molecule has 0 spiro atoms. The average Bonchev–Trinajstić information content (AvgIpc) is 3.12. The lowest BCUT2D eigenvalue weighted by molar-refractivity contribution is 0.511. The van der Waals surface area contributed by atoms with Gasteiger partial charge >= 0.3 is 0 Å². The SMILES string of the molecule is CCn1c(C(C)n2cncn2)nc2cc(C#N)ccc21. The van der Waals surface area contributed by atoms with Gasteiger partial charge in [0.25, 0.3) is 0 Å². The van der Waals surface area contributed by atoms with Gasteiger partial charge in [-0.1, -0.05) is 0 Å². The van der Waals surface area contributed by atoms with E-state index in [2.05, 4.69) is 32.6 Å². The molecule has 6 heteroatoms. The first-order valence-corrected chi connectivity index (χ1v) is 6.49. The van der Waals surface area contributed by atoms with Gasteiger partial charge in [-0.05, 0) is 32.0 Å². The van der Waals surface area contributed by atoms with Crippen molar-refractivity contribution in [1.82, 2.24) is 24.3 Å². The van der Waals surface area contributed by atoms with Gasteiger partial charge in [0, 0.05) is 6.54 Å². The largest absolute Gasteiger partial charge is 0.326 e. The normalized spacial score (nSPS) is 12.4. The smallest absolute Gasteiger partial charge is 0.137 e. The first kappa shape index (κ1) is 12.4. The molecule has 0 bridgehead atoms. The zero-order valence-corrected chi connectivity index (χ0v) is 11.4. The summed E-state index contributed by atoms with van der Waals surface area (Å²) in [6.07, 6.45) is 3.20. The molecule has 6 nitrogen and oxygen atoms in total. The summed E-state index contributed by atoms with van der Waals surface area (Å²) in [5, 5.41) is 13.2. The summed E-state index contributed by atoms with van der Waals surface area (Å²) in [6.45, 7) is 4.93. The Kier molecular flexibility index (Phi) is 2.95. The highest BCUT2D eigenvalue weighted by atomic mass is 15.3. The van der Waals surface area contributed by atoms with Crippen LogP contribution in [0.25, 0.3) is 11.0 Å². The third-order valence-corrected chi connectivity index (χ3v) is 3.43. The lowest BCUT2D eigenvalue weighted by Gasteiger charge is -2.13. The van der Waals surface area contributed by atoms with E-state index < -0.39 is 0 Å². The highest BCUT2D eigenvalue weighted by Gasteiger charge is 2.17. The van der Waals surface area contributed by atoms with Crippen LogP contribution in [-0.4, -0.2) is 24.3 Å². The molecular formula is C14H14N6. The summed E-state index contributed by atoms with van der Waals surface area (Å²) in [7, 11) is 0. The maximum Gasteiger partial charge on any atom is 0.137 e. The van der Waals surface area contributed by atoms with Gasteiger partial charge in [0.15, 0.2) is 0 Å². The van der Waals surface area contributed by atoms with Crippen molar-refractivity contribution in [2.45, 2.75) is 26.4 Å². The van der Waals surface area contributed by atoms with Crippen molar-refractivity contribution in [3.63, 3.8) is 0 Å². The van der Waals surface area contributed by atoms with Crippen LogP contribution in [0.5, 0.6) is 0 Å². The Morgan fingerprint density at radius 3 is 2.90 bits per heavy atom. The Morgan fingerprint density at radius 1 is 1.40 bits per heavy atom. The lowest BCUT2D eigenvalue weighted by atomic mass is 10.2. The molecule has 0 saturated carbocycles. The molecule has 0 radical (unpaired) electrons. The number of imidazole rings is 1. The number of hydrogen-bond donors (Lipinski definition) is 0. The molecular weight excluding hydrogens is 252 g/mol. The molecule has 2 heterocycles. The molecule has 0 N–H and O–H groups in total. The number of rotatable bonds is 3. The molecule has 0 fully saturated rings. The molecule has 3 rings (SSSR count). The fourth-order valence-electron chi connectivity index (χ4n) is 2.40. The number of hydrogen-bond acceptors (Lipinski definition) is 4. The monoisotopic (exact) mass is 266 g/mol. The highest BCUT2D eigenvalue weighted by Crippen LogP contribution is 2.23. The zero-order valence-electron chi connectivity index (χ0n) is 11.4. The van der Waals surface area contributed by atoms with Crippen molar-refractivity contribution >= 4 is 11.0 Å². The van der Waals surface area contributed by atoms with E-state index in [1.165, 1.54) is 6.33 Å². The van der Waals surface area contributed by atoms with Crippen LogP contribution in [-0.2, 0) is 6.54 Å². The summed E-state index contributed by atoms with van der Waals surface area (Å²) >= 11 is 0. The summed E-state index contributed by atoms with van der Waals surface area (Å²) < 4.78 is 3.92. The first-order valence-electron chi connectivity index (χ1n) is 6.49. The van der Waals surface area contributed by atoms with E-state index in [9.17, 15) is 0 Å². The summed E-state index contributed by atoms with van der Waals surface area (Å²) in [4.78, 5) is 8.65. The molecule has 100 valence electrons. The minimum atomic E-state index is -0.00427. The predicted molar refractivity (Wildman–Crippen MR) is 74.0 cm³/mol. The van der Waals surface area contributed by atoms with Crippen LogP contribution in [0.4, 0.5) is 0 Å². The first-order chi connectivity index (χ1) is 9.74. The number of aryl methyl sites for hydroxylation is 1. The number of fused-ring (bicyclic) bond motifs is 1. The molecule has 3 aromatic rings. The minimum Gasteiger partial charge on any atom is -0.326 e. The van der Waals surface area contributed by atoms with Crippen LogP contribution in [0.3, 0.4) is 0 Å². The number of nitrogens with zero attached hydrogens (tertiary/aromatic N) is 6. The van der Waals surface area contributed by atoms with Gasteiger partial charge in [0.1, 0.15) is 24.5 Å². The molecule has 1 unspecified atom stereocenters. The fraction of sp³-hybridized carbons (Fsp3) is 0.286. The van der Waals surface area contributed by atoms with Gasteiger partial charge in [0.2, 0.25) is 0 Å². The Balaban J connectivity index is 2.18. The summed E-state index contributed by atoms with van der Waals surface area (Å²) in [6, 6.07) is 7.73. The van der Waals surface area contributed by atoms with E-state index in [0.717, 1.165) is 23.4 Å². The molecule has 0 aliphatic rings. The van der Waals surface area contributed by atoms with Crippen LogP contribution in [0.2, 0.25) is 0 Å². The second-order valence-electron chi connectivity index (χ2n) is 4.58. The van der Waals surface area contributed by atoms with Gasteiger partial charge in [-0.2, -0.15) is 10.4 Å². The van der Waals surface area contributed by atoms with Gasteiger partial charge in [0.05, 0.1) is 22.7 Å². The number of nitriles is 1. The van der Waals surface area contributed by atoms with Crippen molar-refractivity contribution in [3.8, 4) is 6.07 Å². The minimum absolute atomic E-state index is 0.00427. The van der Waals surface area contributed by atoms with Crippen LogP contribution in [0.15, 0.2) is 30.9 Å². The van der Waals surface area contributed by atoms with E-state index in [1.807, 2.05) is 25.1 Å². The third kappa shape index (κ3) is 1.84. The van der Waals surface area contributed by atoms with Gasteiger partial charge < -0.3 is 4.57 Å². The quantitative estimate of drug-likeness (QED) is 0.728. The molecule has 1 atom stereocenters. The van der Waals surface area contributed by atoms with Crippen LogP contribution < -0.4 is 0 Å². The molecule has 0 aliphatic heterocycles. The van der Waals surface area contributed by atoms with Gasteiger partial charge in [-0.15, -0.1) is 0 Å². The van der Waals surface area contributed by atoms with Crippen molar-refractivity contribution in [3.05, 3.63) is 42.2 Å². The second-order valence-corrected chi connectivity index (χ2v) is 4.58. The van der Waals surface area contributed by atoms with E-state index in [-0.39, 0.29) is 6.04 Å². The number of aromatic nitrogens is 5. The van der Waals surface area contributed by atoms with E-state index in [0.29, 0.717) is 5.56 Å². The van der Waals surface area contributed by atoms with Crippen LogP contribution in [0.1, 0.15) is 31.3 Å². The maximum absolute atomic E-state index is 8.98. The Bertz CT molecular complexity index is 778. The topological polar surface area (TPSA) is 72.3 Å². The summed E-state index contributed by atoms with van der Waals surface area (Å²) in [5.74, 6) is 0.920. The molecule has 0 saturated heterocycles. The van der Waals surface area contributed by atoms with Crippen molar-refractivity contribution in [2.24, 2.45) is 0 Å². The van der Waals surface area contributed by atoms with Crippen molar-refractivity contribution in [1.29, 1.82) is 5.26 Å². The Morgan fingerprint density at radius 2 is 2.25 bits per heavy atom. The van der Waals surface area contributed by atoms with Crippen LogP contribution in [0, 0.1) is 11.3 Å². The Hall–Kier alpha value is -2.68. The van der Waals surface area contributed by atoms with E-state index in [1.54, 1.807) is 11.0 Å². The highest BCUT2D eigenvalue weighted by molar-refractivity contribution is 5.77. The molecule has 0 aliphatic carbocycles. The second kappa shape index (κ2) is 4.78. The Labute approximate surface area is 116 Å². The molecule has 0 amide bonds. The van der Waals surface area contributed by atoms with Gasteiger partial charge in [-0.25, -0.2) is 14.6 Å². The zero-order chi connectivity index (χ0) is 14.1. The fourth-order valence-corrected chi connectivity index (χ4v) is 2.40. The van der Waals surface area contributed by atoms with Gasteiger partial charge in [-0.3, -0.25) is 0 Å². The van der Waals surface area contributed by atoms with E-state index >= 15 is 0 Å². The molecule has 20 heavy (non-hydrogen) atoms. The number of benzene rings is 1. The standard InChI is InChI=1S/C14H14N6/c1-3-19-13-5-4-11(7-15)6-12(13)18-14(19)10(2)20-9-16-8-17-20/h4-6,8-10H,3H2,1-2H3. The average molecular weight is 266 g/mol.